The summed E-state index contributed by atoms with van der Waals surface area (Å²) in [6, 6.07) is 5.07. The van der Waals surface area contributed by atoms with Crippen molar-refractivity contribution in [2.75, 3.05) is 0 Å². The molecule has 0 aliphatic rings. The Hall–Kier alpha value is -1.82. The Morgan fingerprint density at radius 1 is 1.56 bits per heavy atom. The molecule has 1 heterocycles. The first-order valence-corrected chi connectivity index (χ1v) is 5.12. The quantitative estimate of drug-likeness (QED) is 0.778. The van der Waals surface area contributed by atoms with Crippen LogP contribution in [0.4, 0.5) is 0 Å². The maximum Gasteiger partial charge on any atom is 0.364 e. The fraction of sp³-hybridized carbons (Fsp3) is 0. The Kier molecular flexibility index (Phi) is 2.66. The number of aliphatic hydroxyl groups is 1. The summed E-state index contributed by atoms with van der Waals surface area (Å²) in [5.41, 5.74) is 5.33. The van der Waals surface area contributed by atoms with E-state index in [2.05, 4.69) is 20.9 Å². The van der Waals surface area contributed by atoms with E-state index in [1.807, 2.05) is 0 Å². The highest BCUT2D eigenvalue weighted by molar-refractivity contribution is 9.10. The van der Waals surface area contributed by atoms with E-state index in [0.717, 1.165) is 4.47 Å². The molecule has 5 nitrogen and oxygen atoms in total. The Bertz CT molecular complexity index is 633. The Morgan fingerprint density at radius 2 is 2.31 bits per heavy atom. The van der Waals surface area contributed by atoms with Crippen LogP contribution in [0.2, 0.25) is 0 Å². The molecular formula is C10H7BrN2O3. The number of halogens is 1. The van der Waals surface area contributed by atoms with Gasteiger partial charge < -0.3 is 15.3 Å². The van der Waals surface area contributed by atoms with Gasteiger partial charge in [-0.25, -0.2) is 9.78 Å². The van der Waals surface area contributed by atoms with E-state index in [1.165, 1.54) is 0 Å². The lowest BCUT2D eigenvalue weighted by Crippen LogP contribution is -2.13. The van der Waals surface area contributed by atoms with E-state index in [0.29, 0.717) is 17.4 Å². The molecule has 3 N–H and O–H groups in total. The van der Waals surface area contributed by atoms with Gasteiger partial charge in [0.05, 0.1) is 5.70 Å². The largest absolute Gasteiger partial charge is 0.513 e. The van der Waals surface area contributed by atoms with E-state index in [1.54, 1.807) is 18.2 Å². The number of hydrogen-bond donors (Lipinski definition) is 2. The van der Waals surface area contributed by atoms with Gasteiger partial charge in [-0.15, -0.1) is 0 Å². The number of nitrogens with zero attached hydrogens (tertiary/aromatic N) is 1. The van der Waals surface area contributed by atoms with Crippen LogP contribution in [0.15, 0.2) is 38.1 Å². The number of hydrogen-bond acceptors (Lipinski definition) is 5. The predicted molar refractivity (Wildman–Crippen MR) is 62.8 cm³/mol. The van der Waals surface area contributed by atoms with Crippen molar-refractivity contribution in [3.05, 3.63) is 45.0 Å². The first-order valence-electron chi connectivity index (χ1n) is 4.32. The highest BCUT2D eigenvalue weighted by Crippen LogP contribution is 2.17. The van der Waals surface area contributed by atoms with Crippen molar-refractivity contribution in [3.63, 3.8) is 0 Å². The summed E-state index contributed by atoms with van der Waals surface area (Å²) in [6.45, 7) is 0. The van der Waals surface area contributed by atoms with Gasteiger partial charge in [-0.1, -0.05) is 15.9 Å². The molecule has 82 valence electrons. The van der Waals surface area contributed by atoms with Crippen molar-refractivity contribution < 1.29 is 9.52 Å². The van der Waals surface area contributed by atoms with Crippen LogP contribution in [0.25, 0.3) is 16.8 Å². The van der Waals surface area contributed by atoms with Gasteiger partial charge in [0, 0.05) is 4.47 Å². The minimum atomic E-state index is -0.687. The van der Waals surface area contributed by atoms with Crippen molar-refractivity contribution in [3.8, 4) is 0 Å². The molecule has 1 aromatic heterocycles. The van der Waals surface area contributed by atoms with Crippen molar-refractivity contribution in [2.24, 2.45) is 5.73 Å². The molecule has 0 unspecified atom stereocenters. The summed E-state index contributed by atoms with van der Waals surface area (Å²) in [7, 11) is 0. The van der Waals surface area contributed by atoms with E-state index in [-0.39, 0.29) is 11.4 Å². The highest BCUT2D eigenvalue weighted by atomic mass is 79.9. The smallest absolute Gasteiger partial charge is 0.364 e. The second kappa shape index (κ2) is 3.97. The molecule has 0 aliphatic carbocycles. The zero-order chi connectivity index (χ0) is 11.7. The summed E-state index contributed by atoms with van der Waals surface area (Å²) < 4.78 is 5.80. The zero-order valence-corrected chi connectivity index (χ0v) is 9.56. The fourth-order valence-electron chi connectivity index (χ4n) is 1.22. The number of benzene rings is 1. The molecule has 0 aliphatic heterocycles. The van der Waals surface area contributed by atoms with Crippen LogP contribution in [0.3, 0.4) is 0 Å². The second-order valence-corrected chi connectivity index (χ2v) is 3.96. The molecule has 2 aromatic rings. The van der Waals surface area contributed by atoms with Gasteiger partial charge in [0.15, 0.2) is 11.3 Å². The third kappa shape index (κ3) is 1.79. The summed E-state index contributed by atoms with van der Waals surface area (Å²) in [5.74, 6) is 0. The van der Waals surface area contributed by atoms with Crippen molar-refractivity contribution >= 4 is 32.7 Å². The van der Waals surface area contributed by atoms with Crippen LogP contribution in [-0.4, -0.2) is 10.1 Å². The summed E-state index contributed by atoms with van der Waals surface area (Å²) in [5, 5.41) is 8.71. The first kappa shape index (κ1) is 10.7. The van der Waals surface area contributed by atoms with Crippen LogP contribution in [0.1, 0.15) is 5.69 Å². The van der Waals surface area contributed by atoms with Gasteiger partial charge in [-0.2, -0.15) is 0 Å². The average molecular weight is 283 g/mol. The van der Waals surface area contributed by atoms with Gasteiger partial charge in [0.25, 0.3) is 0 Å². The topological polar surface area (TPSA) is 89.3 Å². The third-order valence-electron chi connectivity index (χ3n) is 1.96. The molecule has 0 saturated carbocycles. The van der Waals surface area contributed by atoms with Crippen molar-refractivity contribution in [2.45, 2.75) is 0 Å². The van der Waals surface area contributed by atoms with Gasteiger partial charge in [0.1, 0.15) is 11.8 Å². The van der Waals surface area contributed by atoms with E-state index < -0.39 is 5.63 Å². The van der Waals surface area contributed by atoms with Crippen LogP contribution in [-0.2, 0) is 0 Å². The van der Waals surface area contributed by atoms with Crippen molar-refractivity contribution in [1.29, 1.82) is 0 Å². The number of aliphatic hydroxyl groups excluding tert-OH is 1. The average Bonchev–Trinajstić information content (AvgIpc) is 2.27. The Morgan fingerprint density at radius 3 is 3.00 bits per heavy atom. The molecule has 0 radical (unpaired) electrons. The summed E-state index contributed by atoms with van der Waals surface area (Å²) in [4.78, 5) is 15.5. The fourth-order valence-corrected chi connectivity index (χ4v) is 1.56. The van der Waals surface area contributed by atoms with Crippen LogP contribution in [0.5, 0.6) is 0 Å². The van der Waals surface area contributed by atoms with Crippen molar-refractivity contribution in [1.82, 2.24) is 4.98 Å². The number of fused-ring (bicyclic) bond motifs is 1. The molecule has 0 fully saturated rings. The van der Waals surface area contributed by atoms with Crippen LogP contribution < -0.4 is 11.4 Å². The lowest BCUT2D eigenvalue weighted by Gasteiger charge is -2.00. The molecule has 0 spiro atoms. The lowest BCUT2D eigenvalue weighted by atomic mass is 10.3. The normalized spacial score (nSPS) is 11.9. The minimum absolute atomic E-state index is 0.0997. The number of rotatable bonds is 1. The van der Waals surface area contributed by atoms with Gasteiger partial charge in [-0.3, -0.25) is 0 Å². The minimum Gasteiger partial charge on any atom is -0.513 e. The molecule has 0 amide bonds. The summed E-state index contributed by atoms with van der Waals surface area (Å²) in [6.07, 6.45) is 0.615. The molecule has 16 heavy (non-hydrogen) atoms. The third-order valence-corrected chi connectivity index (χ3v) is 2.46. The molecule has 1 aromatic carbocycles. The number of nitrogens with two attached hydrogens (primary N) is 1. The molecule has 6 heteroatoms. The van der Waals surface area contributed by atoms with Crippen LogP contribution in [0, 0.1) is 0 Å². The second-order valence-electron chi connectivity index (χ2n) is 3.05. The predicted octanol–water partition coefficient (Wildman–Crippen LogP) is 1.77. The maximum atomic E-state index is 11.5. The van der Waals surface area contributed by atoms with E-state index in [4.69, 9.17) is 15.3 Å². The highest BCUT2D eigenvalue weighted by Gasteiger charge is 2.09. The lowest BCUT2D eigenvalue weighted by molar-refractivity contribution is 0.473. The standard InChI is InChI=1S/C10H7BrN2O3/c11-5-1-2-7-8(3-5)16-10(15)9(13-7)6(12)4-14/h1-4,14H,12H2. The molecule has 0 saturated heterocycles. The summed E-state index contributed by atoms with van der Waals surface area (Å²) >= 11 is 3.25. The van der Waals surface area contributed by atoms with Gasteiger partial charge in [0.2, 0.25) is 0 Å². The number of aromatic nitrogens is 1. The molecule has 0 atom stereocenters. The molecular weight excluding hydrogens is 276 g/mol. The zero-order valence-electron chi connectivity index (χ0n) is 7.98. The Balaban J connectivity index is 2.77. The maximum absolute atomic E-state index is 11.5. The van der Waals surface area contributed by atoms with Gasteiger partial charge in [-0.05, 0) is 18.2 Å². The monoisotopic (exact) mass is 282 g/mol. The van der Waals surface area contributed by atoms with Crippen LogP contribution >= 0.6 is 15.9 Å². The molecule has 0 bridgehead atoms. The van der Waals surface area contributed by atoms with E-state index >= 15 is 0 Å². The first-order chi connectivity index (χ1) is 7.61. The Labute approximate surface area is 98.3 Å². The molecule has 2 rings (SSSR count). The van der Waals surface area contributed by atoms with Gasteiger partial charge >= 0.3 is 5.63 Å². The van der Waals surface area contributed by atoms with E-state index in [9.17, 15) is 4.79 Å². The SMILES string of the molecule is NC(=CO)c1nc2ccc(Br)cc2oc1=O.